The largest absolute Gasteiger partial charge is 0.462 e. The Kier molecular flexibility index (Phi) is 6.24. The standard InChI is InChI=1S/C23H23N3O3/c1-4-29-23(28)17-7-9-18(10-8-17)25-19-11-12-20(24-14-19)22(27)26-21-13-15(2)5-6-16(21)3/h5-14,25H,4H2,1-3H3,(H,26,27). The summed E-state index contributed by atoms with van der Waals surface area (Å²) in [7, 11) is 0. The van der Waals surface area contributed by atoms with Crippen molar-refractivity contribution in [2.45, 2.75) is 20.8 Å². The number of carbonyl (C=O) groups is 2. The van der Waals surface area contributed by atoms with Crippen LogP contribution in [0.3, 0.4) is 0 Å². The molecule has 148 valence electrons. The van der Waals surface area contributed by atoms with E-state index in [0.29, 0.717) is 17.9 Å². The van der Waals surface area contributed by atoms with Crippen LogP contribution < -0.4 is 10.6 Å². The summed E-state index contributed by atoms with van der Waals surface area (Å²) in [6.45, 7) is 6.04. The quantitative estimate of drug-likeness (QED) is 0.588. The van der Waals surface area contributed by atoms with Gasteiger partial charge in [-0.25, -0.2) is 9.78 Å². The summed E-state index contributed by atoms with van der Waals surface area (Å²) in [4.78, 5) is 28.4. The zero-order valence-corrected chi connectivity index (χ0v) is 16.7. The van der Waals surface area contributed by atoms with Gasteiger partial charge in [0.15, 0.2) is 0 Å². The van der Waals surface area contributed by atoms with Crippen molar-refractivity contribution in [3.8, 4) is 0 Å². The van der Waals surface area contributed by atoms with Gasteiger partial charge in [0.25, 0.3) is 5.91 Å². The first kappa shape index (κ1) is 20.1. The maximum atomic E-state index is 12.5. The number of ether oxygens (including phenoxy) is 1. The minimum Gasteiger partial charge on any atom is -0.462 e. The number of aromatic nitrogens is 1. The lowest BCUT2D eigenvalue weighted by molar-refractivity contribution is 0.0526. The van der Waals surface area contributed by atoms with Gasteiger partial charge in [0.1, 0.15) is 5.69 Å². The smallest absolute Gasteiger partial charge is 0.338 e. The number of esters is 1. The van der Waals surface area contributed by atoms with E-state index in [9.17, 15) is 9.59 Å². The van der Waals surface area contributed by atoms with Crippen LogP contribution in [-0.2, 0) is 4.74 Å². The number of benzene rings is 2. The third-order valence-corrected chi connectivity index (χ3v) is 4.32. The van der Waals surface area contributed by atoms with Gasteiger partial charge in [0, 0.05) is 11.4 Å². The Bertz CT molecular complexity index is 1010. The van der Waals surface area contributed by atoms with E-state index in [-0.39, 0.29) is 11.9 Å². The number of aryl methyl sites for hydroxylation is 2. The first-order chi connectivity index (χ1) is 14.0. The summed E-state index contributed by atoms with van der Waals surface area (Å²) < 4.78 is 4.97. The van der Waals surface area contributed by atoms with Gasteiger partial charge in [-0.3, -0.25) is 4.79 Å². The van der Waals surface area contributed by atoms with E-state index in [4.69, 9.17) is 4.74 Å². The van der Waals surface area contributed by atoms with E-state index in [1.54, 1.807) is 49.5 Å². The summed E-state index contributed by atoms with van der Waals surface area (Å²) in [6, 6.07) is 16.3. The molecule has 0 unspecified atom stereocenters. The van der Waals surface area contributed by atoms with Crippen LogP contribution in [0.5, 0.6) is 0 Å². The van der Waals surface area contributed by atoms with Crippen molar-refractivity contribution in [3.63, 3.8) is 0 Å². The predicted octanol–water partition coefficient (Wildman–Crippen LogP) is 4.87. The Hall–Kier alpha value is -3.67. The van der Waals surface area contributed by atoms with E-state index in [1.165, 1.54) is 0 Å². The van der Waals surface area contributed by atoms with Crippen molar-refractivity contribution in [1.82, 2.24) is 4.98 Å². The molecule has 3 rings (SSSR count). The summed E-state index contributed by atoms with van der Waals surface area (Å²) in [5, 5.41) is 6.09. The summed E-state index contributed by atoms with van der Waals surface area (Å²) >= 11 is 0. The molecule has 2 N–H and O–H groups in total. The Morgan fingerprint density at radius 3 is 2.34 bits per heavy atom. The molecule has 0 fully saturated rings. The predicted molar refractivity (Wildman–Crippen MR) is 114 cm³/mol. The molecule has 0 aliphatic carbocycles. The topological polar surface area (TPSA) is 80.3 Å². The number of anilines is 3. The number of pyridine rings is 1. The second-order valence-corrected chi connectivity index (χ2v) is 6.63. The molecule has 0 saturated heterocycles. The fraction of sp³-hybridized carbons (Fsp3) is 0.174. The normalized spacial score (nSPS) is 10.3. The molecule has 6 heteroatoms. The van der Waals surface area contributed by atoms with Crippen molar-refractivity contribution in [3.05, 3.63) is 83.2 Å². The van der Waals surface area contributed by atoms with Crippen molar-refractivity contribution in [2.24, 2.45) is 0 Å². The van der Waals surface area contributed by atoms with Crippen LogP contribution in [0.25, 0.3) is 0 Å². The molecular formula is C23H23N3O3. The maximum absolute atomic E-state index is 12.5. The summed E-state index contributed by atoms with van der Waals surface area (Å²) in [6.07, 6.45) is 1.59. The zero-order valence-electron chi connectivity index (χ0n) is 16.7. The molecule has 0 aliphatic rings. The highest BCUT2D eigenvalue weighted by Gasteiger charge is 2.10. The van der Waals surface area contributed by atoms with Gasteiger partial charge in [-0.15, -0.1) is 0 Å². The molecular weight excluding hydrogens is 366 g/mol. The van der Waals surface area contributed by atoms with Crippen LogP contribution in [0.2, 0.25) is 0 Å². The summed E-state index contributed by atoms with van der Waals surface area (Å²) in [5.74, 6) is -0.607. The monoisotopic (exact) mass is 389 g/mol. The van der Waals surface area contributed by atoms with Crippen LogP contribution in [-0.4, -0.2) is 23.5 Å². The van der Waals surface area contributed by atoms with E-state index in [1.807, 2.05) is 32.0 Å². The molecule has 0 atom stereocenters. The second-order valence-electron chi connectivity index (χ2n) is 6.63. The first-order valence-corrected chi connectivity index (χ1v) is 9.35. The third kappa shape index (κ3) is 5.19. The molecule has 0 aliphatic heterocycles. The first-order valence-electron chi connectivity index (χ1n) is 9.35. The van der Waals surface area contributed by atoms with E-state index in [2.05, 4.69) is 15.6 Å². The molecule has 29 heavy (non-hydrogen) atoms. The molecule has 0 radical (unpaired) electrons. The highest BCUT2D eigenvalue weighted by atomic mass is 16.5. The minimum absolute atomic E-state index is 0.260. The number of rotatable bonds is 6. The van der Waals surface area contributed by atoms with Crippen molar-refractivity contribution in [2.75, 3.05) is 17.2 Å². The SMILES string of the molecule is CCOC(=O)c1ccc(Nc2ccc(C(=O)Nc3cc(C)ccc3C)nc2)cc1. The molecule has 2 aromatic carbocycles. The van der Waals surface area contributed by atoms with Gasteiger partial charge < -0.3 is 15.4 Å². The van der Waals surface area contributed by atoms with E-state index >= 15 is 0 Å². The lowest BCUT2D eigenvalue weighted by Crippen LogP contribution is -2.14. The van der Waals surface area contributed by atoms with Gasteiger partial charge in [0.2, 0.25) is 0 Å². The molecule has 1 amide bonds. The van der Waals surface area contributed by atoms with Crippen LogP contribution in [0.4, 0.5) is 17.1 Å². The van der Waals surface area contributed by atoms with Gasteiger partial charge in [-0.05, 0) is 74.4 Å². The van der Waals surface area contributed by atoms with Gasteiger partial charge >= 0.3 is 5.97 Å². The second kappa shape index (κ2) is 9.01. The van der Waals surface area contributed by atoms with Crippen LogP contribution >= 0.6 is 0 Å². The third-order valence-electron chi connectivity index (χ3n) is 4.32. The van der Waals surface area contributed by atoms with Crippen LogP contribution in [0.15, 0.2) is 60.8 Å². The van der Waals surface area contributed by atoms with Gasteiger partial charge in [-0.1, -0.05) is 12.1 Å². The van der Waals surface area contributed by atoms with Crippen LogP contribution in [0.1, 0.15) is 38.9 Å². The number of hydrogen-bond donors (Lipinski definition) is 2. The number of hydrogen-bond acceptors (Lipinski definition) is 5. The molecule has 0 saturated carbocycles. The molecule has 0 spiro atoms. The number of nitrogens with one attached hydrogen (secondary N) is 2. The Balaban J connectivity index is 1.64. The minimum atomic E-state index is -0.347. The highest BCUT2D eigenvalue weighted by Crippen LogP contribution is 2.19. The lowest BCUT2D eigenvalue weighted by Gasteiger charge is -2.10. The number of nitrogens with zero attached hydrogens (tertiary/aromatic N) is 1. The fourth-order valence-electron chi connectivity index (χ4n) is 2.73. The average Bonchev–Trinajstić information content (AvgIpc) is 2.72. The molecule has 0 bridgehead atoms. The number of carbonyl (C=O) groups excluding carboxylic acids is 2. The maximum Gasteiger partial charge on any atom is 0.338 e. The Morgan fingerprint density at radius 1 is 0.966 bits per heavy atom. The zero-order chi connectivity index (χ0) is 20.8. The van der Waals surface area contributed by atoms with Crippen molar-refractivity contribution < 1.29 is 14.3 Å². The van der Waals surface area contributed by atoms with Crippen molar-refractivity contribution in [1.29, 1.82) is 0 Å². The summed E-state index contributed by atoms with van der Waals surface area (Å²) in [5.41, 5.74) is 5.20. The molecule has 6 nitrogen and oxygen atoms in total. The molecule has 1 heterocycles. The van der Waals surface area contributed by atoms with E-state index in [0.717, 1.165) is 28.2 Å². The van der Waals surface area contributed by atoms with Gasteiger partial charge in [-0.2, -0.15) is 0 Å². The van der Waals surface area contributed by atoms with Crippen molar-refractivity contribution >= 4 is 28.9 Å². The molecule has 1 aromatic heterocycles. The van der Waals surface area contributed by atoms with Crippen LogP contribution in [0, 0.1) is 13.8 Å². The van der Waals surface area contributed by atoms with Gasteiger partial charge in [0.05, 0.1) is 24.1 Å². The van der Waals surface area contributed by atoms with E-state index < -0.39 is 0 Å². The Labute approximate surface area is 169 Å². The lowest BCUT2D eigenvalue weighted by atomic mass is 10.1. The Morgan fingerprint density at radius 2 is 1.69 bits per heavy atom. The highest BCUT2D eigenvalue weighted by molar-refractivity contribution is 6.03. The average molecular weight is 389 g/mol. The fourth-order valence-corrected chi connectivity index (χ4v) is 2.73. The molecule has 3 aromatic rings. The number of amides is 1.